The van der Waals surface area contributed by atoms with E-state index in [1.165, 1.54) is 37.1 Å². The fourth-order valence-corrected chi connectivity index (χ4v) is 4.24. The van der Waals surface area contributed by atoms with Gasteiger partial charge in [-0.05, 0) is 48.0 Å². The summed E-state index contributed by atoms with van der Waals surface area (Å²) in [5, 5.41) is 6.30. The maximum absolute atomic E-state index is 4.32. The highest BCUT2D eigenvalue weighted by molar-refractivity contribution is 5.98. The fraction of sp³-hybridized carbons (Fsp3) is 0.714. The van der Waals surface area contributed by atoms with E-state index in [4.69, 9.17) is 0 Å². The summed E-state index contributed by atoms with van der Waals surface area (Å²) in [4.78, 5) is 8.50. The molecule has 1 saturated carbocycles. The van der Waals surface area contributed by atoms with Gasteiger partial charge in [0.1, 0.15) is 5.84 Å². The fourth-order valence-electron chi connectivity index (χ4n) is 4.24. The first-order valence-electron chi connectivity index (χ1n) is 12.4. The molecule has 184 valence electrons. The summed E-state index contributed by atoms with van der Waals surface area (Å²) in [6.07, 6.45) is 5.31. The largest absolute Gasteiger partial charge is 0.377 e. The third-order valence-corrected chi connectivity index (χ3v) is 6.32. The van der Waals surface area contributed by atoms with E-state index in [1.807, 2.05) is 35.0 Å². The van der Waals surface area contributed by atoms with Crippen molar-refractivity contribution in [3.05, 3.63) is 35.4 Å². The maximum atomic E-state index is 4.32. The average molecular weight is 445 g/mol. The summed E-state index contributed by atoms with van der Waals surface area (Å²) in [5.41, 5.74) is 3.17. The minimum absolute atomic E-state index is 0.210. The van der Waals surface area contributed by atoms with Crippen LogP contribution in [-0.4, -0.2) is 39.9 Å². The highest BCUT2D eigenvalue weighted by Crippen LogP contribution is 2.39. The van der Waals surface area contributed by atoms with Gasteiger partial charge in [-0.15, -0.1) is 0 Å². The molecule has 1 aliphatic rings. The van der Waals surface area contributed by atoms with Gasteiger partial charge >= 0.3 is 0 Å². The molecule has 2 N–H and O–H groups in total. The van der Waals surface area contributed by atoms with Crippen LogP contribution in [0.2, 0.25) is 0 Å². The lowest BCUT2D eigenvalue weighted by molar-refractivity contribution is 0.166. The smallest absolute Gasteiger partial charge is 0.127 e. The van der Waals surface area contributed by atoms with Crippen molar-refractivity contribution in [3.8, 4) is 0 Å². The summed E-state index contributed by atoms with van der Waals surface area (Å²) < 4.78 is 0. The van der Waals surface area contributed by atoms with Crippen molar-refractivity contribution in [3.63, 3.8) is 0 Å². The lowest BCUT2D eigenvalue weighted by Gasteiger charge is -2.37. The zero-order valence-corrected chi connectivity index (χ0v) is 23.2. The number of nitrogens with zero attached hydrogens (tertiary/aromatic N) is 2. The van der Waals surface area contributed by atoms with Gasteiger partial charge in [0.05, 0.1) is 5.84 Å². The first-order chi connectivity index (χ1) is 15.0. The van der Waals surface area contributed by atoms with Crippen molar-refractivity contribution in [2.75, 3.05) is 28.2 Å². The average Bonchev–Trinajstić information content (AvgIpc) is 2.77. The minimum atomic E-state index is 0.210. The van der Waals surface area contributed by atoms with Crippen LogP contribution in [0, 0.1) is 17.3 Å². The zero-order valence-electron chi connectivity index (χ0n) is 23.2. The molecule has 0 saturated heterocycles. The van der Waals surface area contributed by atoms with Crippen LogP contribution >= 0.6 is 0 Å². The second kappa shape index (κ2) is 14.3. The number of rotatable bonds is 2. The number of hydrogen-bond donors (Lipinski definition) is 2. The highest BCUT2D eigenvalue weighted by Gasteiger charge is 2.31. The Morgan fingerprint density at radius 3 is 1.59 bits per heavy atom. The van der Waals surface area contributed by atoms with E-state index < -0.39 is 0 Å². The quantitative estimate of drug-likeness (QED) is 0.394. The number of benzene rings is 1. The van der Waals surface area contributed by atoms with Crippen molar-refractivity contribution >= 4 is 11.7 Å². The Labute approximate surface area is 199 Å². The molecule has 2 rings (SSSR count). The molecule has 1 aromatic rings. The molecule has 0 radical (unpaired) electrons. The third-order valence-electron chi connectivity index (χ3n) is 6.32. The monoisotopic (exact) mass is 444 g/mol. The predicted octanol–water partition coefficient (Wildman–Crippen LogP) is 6.69. The summed E-state index contributed by atoms with van der Waals surface area (Å²) in [6.45, 7) is 17.7. The minimum Gasteiger partial charge on any atom is -0.377 e. The molecule has 4 heteroatoms. The van der Waals surface area contributed by atoms with Crippen LogP contribution in [0.15, 0.2) is 34.3 Å². The van der Waals surface area contributed by atoms with E-state index >= 15 is 0 Å². The molecule has 0 aromatic heterocycles. The summed E-state index contributed by atoms with van der Waals surface area (Å²) in [7, 11) is 7.56. The standard InChI is InChI=1S/C13H26N2.C13H20N2.C2H6/c2*1-13(2,3)11-8-6-10(7-9-11)12(14-4)15-5;1-2/h10-11H,6-9H2,1-5H3,(H,14,15);6-9H,1-5H3,(H,14,15);1-2H3. The molecule has 0 aliphatic heterocycles. The molecule has 4 nitrogen and oxygen atoms in total. The lowest BCUT2D eigenvalue weighted by Crippen LogP contribution is -2.33. The van der Waals surface area contributed by atoms with E-state index in [9.17, 15) is 0 Å². The molecule has 1 aromatic carbocycles. The highest BCUT2D eigenvalue weighted by atomic mass is 15.0. The third kappa shape index (κ3) is 9.75. The van der Waals surface area contributed by atoms with E-state index in [0.717, 1.165) is 17.3 Å². The second-order valence-electron chi connectivity index (χ2n) is 10.4. The molecule has 0 atom stereocenters. The molecule has 0 unspecified atom stereocenters. The molecular weight excluding hydrogens is 392 g/mol. The van der Waals surface area contributed by atoms with Gasteiger partial charge in [0.25, 0.3) is 0 Å². The lowest BCUT2D eigenvalue weighted by atomic mass is 9.69. The van der Waals surface area contributed by atoms with Gasteiger partial charge in [-0.3, -0.25) is 9.98 Å². The summed E-state index contributed by atoms with van der Waals surface area (Å²) in [6, 6.07) is 8.55. The molecule has 0 amide bonds. The summed E-state index contributed by atoms with van der Waals surface area (Å²) >= 11 is 0. The van der Waals surface area contributed by atoms with Crippen molar-refractivity contribution in [2.45, 2.75) is 86.5 Å². The first-order valence-corrected chi connectivity index (χ1v) is 12.4. The van der Waals surface area contributed by atoms with Crippen molar-refractivity contribution in [2.24, 2.45) is 27.2 Å². The van der Waals surface area contributed by atoms with Crippen LogP contribution in [0.3, 0.4) is 0 Å². The van der Waals surface area contributed by atoms with Crippen molar-refractivity contribution in [1.82, 2.24) is 10.6 Å². The van der Waals surface area contributed by atoms with Gasteiger partial charge in [0.2, 0.25) is 0 Å². The van der Waals surface area contributed by atoms with E-state index in [1.54, 1.807) is 7.05 Å². The Balaban J connectivity index is 0.000000557. The first kappa shape index (κ1) is 30.2. The predicted molar refractivity (Wildman–Crippen MR) is 145 cm³/mol. The molecule has 32 heavy (non-hydrogen) atoms. The van der Waals surface area contributed by atoms with E-state index in [2.05, 4.69) is 86.4 Å². The topological polar surface area (TPSA) is 48.8 Å². The molecule has 1 fully saturated rings. The van der Waals surface area contributed by atoms with Crippen LogP contribution in [-0.2, 0) is 5.41 Å². The molecule has 0 spiro atoms. The Morgan fingerprint density at radius 1 is 0.781 bits per heavy atom. The SMILES string of the molecule is CC.CN=C(NC)C1CCC(C(C)(C)C)CC1.CN=C(NC)c1ccc(C(C)(C)C)cc1. The number of amidine groups is 2. The number of hydrogen-bond acceptors (Lipinski definition) is 2. The van der Waals surface area contributed by atoms with E-state index in [-0.39, 0.29) is 5.41 Å². The van der Waals surface area contributed by atoms with Gasteiger partial charge in [-0.1, -0.05) is 79.7 Å². The number of nitrogens with one attached hydrogen (secondary N) is 2. The Kier molecular flexibility index (Phi) is 13.5. The van der Waals surface area contributed by atoms with Crippen molar-refractivity contribution in [1.29, 1.82) is 0 Å². The molecule has 1 aliphatic carbocycles. The zero-order chi connectivity index (χ0) is 24.9. The van der Waals surface area contributed by atoms with Crippen LogP contribution in [0.1, 0.15) is 92.2 Å². The maximum Gasteiger partial charge on any atom is 0.127 e. The Morgan fingerprint density at radius 2 is 1.28 bits per heavy atom. The van der Waals surface area contributed by atoms with Gasteiger partial charge in [-0.2, -0.15) is 0 Å². The van der Waals surface area contributed by atoms with Crippen LogP contribution in [0.25, 0.3) is 0 Å². The second-order valence-corrected chi connectivity index (χ2v) is 10.4. The van der Waals surface area contributed by atoms with Gasteiger partial charge in [0.15, 0.2) is 0 Å². The van der Waals surface area contributed by atoms with Gasteiger partial charge in [-0.25, -0.2) is 0 Å². The van der Waals surface area contributed by atoms with E-state index in [0.29, 0.717) is 11.3 Å². The molecule has 0 heterocycles. The van der Waals surface area contributed by atoms with Crippen LogP contribution in [0.4, 0.5) is 0 Å². The van der Waals surface area contributed by atoms with Crippen LogP contribution in [0.5, 0.6) is 0 Å². The molecule has 0 bridgehead atoms. The van der Waals surface area contributed by atoms with Crippen LogP contribution < -0.4 is 10.6 Å². The Bertz CT molecular complexity index is 680. The molecular formula is C28H52N4. The van der Waals surface area contributed by atoms with Gasteiger partial charge < -0.3 is 10.6 Å². The normalized spacial score (nSPS) is 19.8. The summed E-state index contributed by atoms with van der Waals surface area (Å²) in [5.74, 6) is 3.69. The van der Waals surface area contributed by atoms with Gasteiger partial charge in [0, 0.05) is 39.7 Å². The Hall–Kier alpha value is -1.84. The van der Waals surface area contributed by atoms with Crippen molar-refractivity contribution < 1.29 is 0 Å². The number of aliphatic imine (C=N–C) groups is 2.